The first-order valence-electron chi connectivity index (χ1n) is 8.25. The quantitative estimate of drug-likeness (QED) is 0.367. The predicted molar refractivity (Wildman–Crippen MR) is 106 cm³/mol. The van der Waals surface area contributed by atoms with E-state index in [1.165, 1.54) is 12.5 Å². The van der Waals surface area contributed by atoms with Crippen molar-refractivity contribution in [3.63, 3.8) is 0 Å². The van der Waals surface area contributed by atoms with Crippen LogP contribution in [0.25, 0.3) is 0 Å². The van der Waals surface area contributed by atoms with Gasteiger partial charge in [0.2, 0.25) is 0 Å². The van der Waals surface area contributed by atoms with Crippen molar-refractivity contribution in [1.29, 1.82) is 0 Å². The van der Waals surface area contributed by atoms with E-state index < -0.39 is 11.6 Å². The highest BCUT2D eigenvalue weighted by Crippen LogP contribution is 2.15. The molecule has 0 spiro atoms. The summed E-state index contributed by atoms with van der Waals surface area (Å²) in [6, 6.07) is 3.87. The number of likely N-dealkylation sites (tertiary alicyclic amines) is 1. The van der Waals surface area contributed by atoms with Gasteiger partial charge in [0.05, 0.1) is 6.61 Å². The topological polar surface area (TPSA) is 48.9 Å². The van der Waals surface area contributed by atoms with Crippen LogP contribution in [0.3, 0.4) is 0 Å². The van der Waals surface area contributed by atoms with Crippen LogP contribution in [0.5, 0.6) is 0 Å². The number of guanidine groups is 1. The van der Waals surface area contributed by atoms with Gasteiger partial charge in [0.15, 0.2) is 5.96 Å². The molecule has 0 radical (unpaired) electrons. The molecule has 8 heteroatoms. The monoisotopic (exact) mass is 468 g/mol. The van der Waals surface area contributed by atoms with Crippen molar-refractivity contribution >= 4 is 29.9 Å². The zero-order chi connectivity index (χ0) is 17.4. The zero-order valence-corrected chi connectivity index (χ0v) is 17.1. The van der Waals surface area contributed by atoms with Crippen molar-refractivity contribution in [2.24, 2.45) is 4.99 Å². The molecule has 142 valence electrons. The maximum Gasteiger partial charge on any atom is 0.191 e. The van der Waals surface area contributed by atoms with Crippen LogP contribution in [-0.4, -0.2) is 57.3 Å². The number of benzene rings is 1. The smallest absolute Gasteiger partial charge is 0.191 e. The third kappa shape index (κ3) is 7.02. The molecule has 0 bridgehead atoms. The number of nitrogens with zero attached hydrogens (tertiary/aromatic N) is 2. The van der Waals surface area contributed by atoms with Gasteiger partial charge < -0.3 is 15.4 Å². The summed E-state index contributed by atoms with van der Waals surface area (Å²) in [5.74, 6) is -0.297. The van der Waals surface area contributed by atoms with Crippen LogP contribution in [0.2, 0.25) is 0 Å². The average molecular weight is 468 g/mol. The Kier molecular flexibility index (Phi) is 10.2. The van der Waals surface area contributed by atoms with E-state index in [1.807, 2.05) is 0 Å². The van der Waals surface area contributed by atoms with Gasteiger partial charge in [-0.3, -0.25) is 9.89 Å². The Balaban J connectivity index is 0.00000312. The van der Waals surface area contributed by atoms with E-state index in [-0.39, 0.29) is 36.1 Å². The van der Waals surface area contributed by atoms with Crippen LogP contribution in [-0.2, 0) is 11.3 Å². The SMILES string of the molecule is CN=C(NCc1cc(F)ccc1F)NCC1CCCN1CCOC.I. The van der Waals surface area contributed by atoms with Crippen LogP contribution in [0, 0.1) is 11.6 Å². The van der Waals surface area contributed by atoms with Gasteiger partial charge >= 0.3 is 0 Å². The number of methoxy groups -OCH3 is 1. The summed E-state index contributed by atoms with van der Waals surface area (Å²) in [6.45, 7) is 3.66. The van der Waals surface area contributed by atoms with Crippen molar-refractivity contribution in [2.75, 3.05) is 40.4 Å². The molecule has 0 saturated carbocycles. The second-order valence-electron chi connectivity index (χ2n) is 5.87. The zero-order valence-electron chi connectivity index (χ0n) is 14.7. The Bertz CT molecular complexity index is 559. The normalized spacial score (nSPS) is 18.1. The van der Waals surface area contributed by atoms with Gasteiger partial charge in [0, 0.05) is 45.4 Å². The summed E-state index contributed by atoms with van der Waals surface area (Å²) in [7, 11) is 3.37. The Morgan fingerprint density at radius 1 is 1.36 bits per heavy atom. The Hall–Kier alpha value is -1.00. The number of nitrogens with one attached hydrogen (secondary N) is 2. The highest BCUT2D eigenvalue weighted by Gasteiger charge is 2.23. The molecule has 2 N–H and O–H groups in total. The first-order valence-corrected chi connectivity index (χ1v) is 8.25. The fraction of sp³-hybridized carbons (Fsp3) is 0.588. The maximum atomic E-state index is 13.6. The number of ether oxygens (including phenoxy) is 1. The van der Waals surface area contributed by atoms with E-state index in [9.17, 15) is 8.78 Å². The van der Waals surface area contributed by atoms with Crippen LogP contribution < -0.4 is 10.6 Å². The highest BCUT2D eigenvalue weighted by molar-refractivity contribution is 14.0. The molecule has 1 saturated heterocycles. The van der Waals surface area contributed by atoms with Crippen molar-refractivity contribution < 1.29 is 13.5 Å². The van der Waals surface area contributed by atoms with E-state index in [0.717, 1.165) is 44.8 Å². The molecule has 1 aliphatic rings. The van der Waals surface area contributed by atoms with Gasteiger partial charge in [0.25, 0.3) is 0 Å². The molecule has 1 aliphatic heterocycles. The molecule has 5 nitrogen and oxygen atoms in total. The third-order valence-corrected chi connectivity index (χ3v) is 4.26. The fourth-order valence-corrected chi connectivity index (χ4v) is 2.92. The van der Waals surface area contributed by atoms with E-state index in [2.05, 4.69) is 20.5 Å². The van der Waals surface area contributed by atoms with E-state index >= 15 is 0 Å². The van der Waals surface area contributed by atoms with Crippen LogP contribution in [0.4, 0.5) is 8.78 Å². The molecule has 0 amide bonds. The number of aliphatic imine (C=N–C) groups is 1. The minimum atomic E-state index is -0.448. The van der Waals surface area contributed by atoms with E-state index in [1.54, 1.807) is 14.2 Å². The first-order chi connectivity index (χ1) is 11.6. The van der Waals surface area contributed by atoms with Crippen molar-refractivity contribution in [1.82, 2.24) is 15.5 Å². The lowest BCUT2D eigenvalue weighted by molar-refractivity contribution is 0.141. The van der Waals surface area contributed by atoms with Crippen LogP contribution in [0.1, 0.15) is 18.4 Å². The van der Waals surface area contributed by atoms with Gasteiger partial charge in [-0.15, -0.1) is 24.0 Å². The minimum Gasteiger partial charge on any atom is -0.383 e. The van der Waals surface area contributed by atoms with E-state index in [0.29, 0.717) is 12.0 Å². The lowest BCUT2D eigenvalue weighted by atomic mass is 10.2. The molecule has 1 atom stereocenters. The summed E-state index contributed by atoms with van der Waals surface area (Å²) in [5.41, 5.74) is 0.278. The van der Waals surface area contributed by atoms with Gasteiger partial charge in [-0.25, -0.2) is 8.78 Å². The molecule has 25 heavy (non-hydrogen) atoms. The Labute approximate surface area is 165 Å². The summed E-state index contributed by atoms with van der Waals surface area (Å²) in [5, 5.41) is 6.29. The van der Waals surface area contributed by atoms with Gasteiger partial charge in [-0.1, -0.05) is 0 Å². The summed E-state index contributed by atoms with van der Waals surface area (Å²) in [6.07, 6.45) is 2.31. The molecular weight excluding hydrogens is 441 g/mol. The third-order valence-electron chi connectivity index (χ3n) is 4.26. The lowest BCUT2D eigenvalue weighted by Gasteiger charge is -2.25. The number of hydrogen-bond donors (Lipinski definition) is 2. The highest BCUT2D eigenvalue weighted by atomic mass is 127. The van der Waals surface area contributed by atoms with Crippen LogP contribution >= 0.6 is 24.0 Å². The summed E-state index contributed by atoms with van der Waals surface area (Å²) >= 11 is 0. The number of rotatable bonds is 7. The van der Waals surface area contributed by atoms with Crippen molar-refractivity contribution in [3.8, 4) is 0 Å². The predicted octanol–water partition coefficient (Wildman–Crippen LogP) is 2.36. The summed E-state index contributed by atoms with van der Waals surface area (Å²) < 4.78 is 32.0. The largest absolute Gasteiger partial charge is 0.383 e. The second-order valence-corrected chi connectivity index (χ2v) is 5.87. The van der Waals surface area contributed by atoms with Crippen molar-refractivity contribution in [2.45, 2.75) is 25.4 Å². The lowest BCUT2D eigenvalue weighted by Crippen LogP contribution is -2.45. The molecule has 2 rings (SSSR count). The summed E-state index contributed by atoms with van der Waals surface area (Å²) in [4.78, 5) is 6.54. The van der Waals surface area contributed by atoms with Gasteiger partial charge in [-0.05, 0) is 37.6 Å². The number of hydrogen-bond acceptors (Lipinski definition) is 3. The average Bonchev–Trinajstić information content (AvgIpc) is 3.03. The van der Waals surface area contributed by atoms with E-state index in [4.69, 9.17) is 4.74 Å². The molecule has 0 aromatic heterocycles. The minimum absolute atomic E-state index is 0. The molecule has 1 unspecified atom stereocenters. The molecule has 1 fully saturated rings. The molecule has 1 heterocycles. The van der Waals surface area contributed by atoms with Gasteiger partial charge in [0.1, 0.15) is 11.6 Å². The fourth-order valence-electron chi connectivity index (χ4n) is 2.92. The molecule has 1 aromatic carbocycles. The molecule has 0 aliphatic carbocycles. The van der Waals surface area contributed by atoms with Gasteiger partial charge in [-0.2, -0.15) is 0 Å². The Morgan fingerprint density at radius 2 is 2.16 bits per heavy atom. The maximum absolute atomic E-state index is 13.6. The first kappa shape index (κ1) is 22.0. The van der Waals surface area contributed by atoms with Crippen molar-refractivity contribution in [3.05, 3.63) is 35.4 Å². The molecule has 1 aromatic rings. The Morgan fingerprint density at radius 3 is 2.88 bits per heavy atom. The second kappa shape index (κ2) is 11.6. The number of halogens is 3. The standard InChI is InChI=1S/C17H26F2N4O.HI/c1-20-17(21-11-13-10-14(18)5-6-16(13)19)22-12-15-4-3-7-23(15)8-9-24-2;/h5-6,10,15H,3-4,7-9,11-12H2,1-2H3,(H2,20,21,22);1H. The van der Waals surface area contributed by atoms with Crippen LogP contribution in [0.15, 0.2) is 23.2 Å². The molecular formula is C17H27F2IN4O.